The van der Waals surface area contributed by atoms with E-state index in [1.165, 1.54) is 20.0 Å². The monoisotopic (exact) mass is 239 g/mol. The average molecular weight is 239 g/mol. The molecule has 1 aliphatic rings. The van der Waals surface area contributed by atoms with Crippen molar-refractivity contribution < 1.29 is 9.53 Å². The summed E-state index contributed by atoms with van der Waals surface area (Å²) in [5.74, 6) is 0.641. The summed E-state index contributed by atoms with van der Waals surface area (Å²) >= 11 is 0. The Balaban J connectivity index is 2.53. The Morgan fingerprint density at radius 2 is 2.18 bits per heavy atom. The number of hydrogen-bond acceptors (Lipinski definition) is 3. The van der Waals surface area contributed by atoms with Crippen LogP contribution in [0.1, 0.15) is 40.0 Å². The molecule has 0 spiro atoms. The van der Waals surface area contributed by atoms with E-state index >= 15 is 0 Å². The molecule has 17 heavy (non-hydrogen) atoms. The highest BCUT2D eigenvalue weighted by molar-refractivity contribution is 5.88. The van der Waals surface area contributed by atoms with Crippen molar-refractivity contribution in [1.29, 1.82) is 0 Å². The van der Waals surface area contributed by atoms with E-state index in [4.69, 9.17) is 4.74 Å². The van der Waals surface area contributed by atoms with E-state index in [0.717, 1.165) is 31.0 Å². The molecule has 0 aromatic rings. The number of hydrogen-bond donors (Lipinski definition) is 0. The molecule has 2 unspecified atom stereocenters. The number of carbonyl (C=O) groups is 1. The standard InChI is InChI=1S/C14H25NO2/c1-5-13(14(16)17-4)7-9-15-8-6-11(2)10-12(15)3/h7,11-12H,5-6,8-10H2,1-4H3. The van der Waals surface area contributed by atoms with Gasteiger partial charge in [-0.25, -0.2) is 4.79 Å². The number of piperidine rings is 1. The Hall–Kier alpha value is -0.830. The molecule has 1 heterocycles. The Labute approximate surface area is 105 Å². The number of likely N-dealkylation sites (tertiary alicyclic amines) is 1. The molecule has 1 saturated heterocycles. The highest BCUT2D eigenvalue weighted by Gasteiger charge is 2.22. The summed E-state index contributed by atoms with van der Waals surface area (Å²) in [6.07, 6.45) is 5.29. The summed E-state index contributed by atoms with van der Waals surface area (Å²) in [5.41, 5.74) is 0.790. The van der Waals surface area contributed by atoms with E-state index in [1.54, 1.807) is 0 Å². The van der Waals surface area contributed by atoms with Gasteiger partial charge in [-0.2, -0.15) is 0 Å². The first-order valence-corrected chi connectivity index (χ1v) is 6.59. The van der Waals surface area contributed by atoms with Crippen molar-refractivity contribution in [2.24, 2.45) is 5.92 Å². The van der Waals surface area contributed by atoms with Gasteiger partial charge in [-0.15, -0.1) is 0 Å². The lowest BCUT2D eigenvalue weighted by molar-refractivity contribution is -0.136. The normalized spacial score (nSPS) is 26.9. The predicted octanol–water partition coefficient (Wildman–Crippen LogP) is 2.62. The van der Waals surface area contributed by atoms with E-state index in [9.17, 15) is 4.79 Å². The summed E-state index contributed by atoms with van der Waals surface area (Å²) < 4.78 is 4.76. The summed E-state index contributed by atoms with van der Waals surface area (Å²) in [6, 6.07) is 0.616. The third-order valence-corrected chi connectivity index (χ3v) is 3.68. The van der Waals surface area contributed by atoms with Gasteiger partial charge in [0.1, 0.15) is 0 Å². The molecule has 1 fully saturated rings. The maximum Gasteiger partial charge on any atom is 0.333 e. The molecular formula is C14H25NO2. The molecule has 0 aromatic carbocycles. The lowest BCUT2D eigenvalue weighted by atomic mass is 9.93. The van der Waals surface area contributed by atoms with Crippen LogP contribution in [-0.4, -0.2) is 37.1 Å². The molecule has 98 valence electrons. The Morgan fingerprint density at radius 1 is 1.47 bits per heavy atom. The first-order valence-electron chi connectivity index (χ1n) is 6.59. The topological polar surface area (TPSA) is 29.5 Å². The van der Waals surface area contributed by atoms with Crippen LogP contribution in [0.25, 0.3) is 0 Å². The van der Waals surface area contributed by atoms with E-state index in [1.807, 2.05) is 13.0 Å². The fourth-order valence-electron chi connectivity index (χ4n) is 2.46. The van der Waals surface area contributed by atoms with Crippen LogP contribution in [0.4, 0.5) is 0 Å². The quantitative estimate of drug-likeness (QED) is 0.558. The van der Waals surface area contributed by atoms with Gasteiger partial charge in [-0.05, 0) is 38.6 Å². The highest BCUT2D eigenvalue weighted by Crippen LogP contribution is 2.22. The second-order valence-electron chi connectivity index (χ2n) is 5.05. The van der Waals surface area contributed by atoms with Gasteiger partial charge in [0.2, 0.25) is 0 Å². The van der Waals surface area contributed by atoms with Gasteiger partial charge in [0.05, 0.1) is 7.11 Å². The molecule has 0 saturated carbocycles. The first-order chi connectivity index (χ1) is 8.08. The molecule has 0 N–H and O–H groups in total. The number of esters is 1. The van der Waals surface area contributed by atoms with Gasteiger partial charge in [-0.3, -0.25) is 4.90 Å². The fourth-order valence-corrected chi connectivity index (χ4v) is 2.46. The summed E-state index contributed by atoms with van der Waals surface area (Å²) in [7, 11) is 1.44. The van der Waals surface area contributed by atoms with Gasteiger partial charge < -0.3 is 4.74 Å². The van der Waals surface area contributed by atoms with Crippen molar-refractivity contribution in [2.75, 3.05) is 20.2 Å². The van der Waals surface area contributed by atoms with E-state index in [0.29, 0.717) is 6.04 Å². The molecule has 2 atom stereocenters. The Bertz CT molecular complexity index is 286. The fraction of sp³-hybridized carbons (Fsp3) is 0.786. The van der Waals surface area contributed by atoms with Crippen LogP contribution in [0.15, 0.2) is 11.6 Å². The second kappa shape index (κ2) is 6.80. The Kier molecular flexibility index (Phi) is 5.69. The van der Waals surface area contributed by atoms with Crippen LogP contribution in [0, 0.1) is 5.92 Å². The molecule has 0 amide bonds. The molecule has 0 aliphatic carbocycles. The average Bonchev–Trinajstić information content (AvgIpc) is 2.31. The molecule has 3 nitrogen and oxygen atoms in total. The van der Waals surface area contributed by atoms with Crippen LogP contribution in [0.2, 0.25) is 0 Å². The summed E-state index contributed by atoms with van der Waals surface area (Å²) in [4.78, 5) is 13.9. The minimum Gasteiger partial charge on any atom is -0.466 e. The van der Waals surface area contributed by atoms with Crippen molar-refractivity contribution in [3.05, 3.63) is 11.6 Å². The zero-order valence-electron chi connectivity index (χ0n) is 11.5. The van der Waals surface area contributed by atoms with Gasteiger partial charge >= 0.3 is 5.97 Å². The number of methoxy groups -OCH3 is 1. The number of nitrogens with zero attached hydrogens (tertiary/aromatic N) is 1. The van der Waals surface area contributed by atoms with Crippen LogP contribution < -0.4 is 0 Å². The van der Waals surface area contributed by atoms with Crippen LogP contribution >= 0.6 is 0 Å². The zero-order valence-corrected chi connectivity index (χ0v) is 11.5. The van der Waals surface area contributed by atoms with Crippen LogP contribution in [0.3, 0.4) is 0 Å². The summed E-state index contributed by atoms with van der Waals surface area (Å²) in [6.45, 7) is 8.58. The third-order valence-electron chi connectivity index (χ3n) is 3.68. The van der Waals surface area contributed by atoms with Gasteiger partial charge in [0.15, 0.2) is 0 Å². The molecule has 0 bridgehead atoms. The largest absolute Gasteiger partial charge is 0.466 e. The number of rotatable bonds is 4. The van der Waals surface area contributed by atoms with Gasteiger partial charge in [-0.1, -0.05) is 19.9 Å². The van der Waals surface area contributed by atoms with Crippen molar-refractivity contribution >= 4 is 5.97 Å². The first kappa shape index (κ1) is 14.2. The second-order valence-corrected chi connectivity index (χ2v) is 5.05. The lowest BCUT2D eigenvalue weighted by Gasteiger charge is -2.35. The highest BCUT2D eigenvalue weighted by atomic mass is 16.5. The van der Waals surface area contributed by atoms with Crippen LogP contribution in [0.5, 0.6) is 0 Å². The SMILES string of the molecule is CCC(=CCN1CCC(C)CC1C)C(=O)OC. The van der Waals surface area contributed by atoms with E-state index in [2.05, 4.69) is 18.7 Å². The van der Waals surface area contributed by atoms with Crippen molar-refractivity contribution in [1.82, 2.24) is 4.90 Å². The molecule has 0 aromatic heterocycles. The molecule has 3 heteroatoms. The maximum atomic E-state index is 11.4. The van der Waals surface area contributed by atoms with E-state index in [-0.39, 0.29) is 5.97 Å². The van der Waals surface area contributed by atoms with Gasteiger partial charge in [0.25, 0.3) is 0 Å². The van der Waals surface area contributed by atoms with Crippen molar-refractivity contribution in [2.45, 2.75) is 46.1 Å². The molecule has 1 aliphatic heterocycles. The molecular weight excluding hydrogens is 214 g/mol. The maximum absolute atomic E-state index is 11.4. The smallest absolute Gasteiger partial charge is 0.333 e. The molecule has 0 radical (unpaired) electrons. The molecule has 1 rings (SSSR count). The summed E-state index contributed by atoms with van der Waals surface area (Å²) in [5, 5.41) is 0. The number of ether oxygens (including phenoxy) is 1. The zero-order chi connectivity index (χ0) is 12.8. The number of carbonyl (C=O) groups excluding carboxylic acids is 1. The predicted molar refractivity (Wildman–Crippen MR) is 69.8 cm³/mol. The Morgan fingerprint density at radius 3 is 2.71 bits per heavy atom. The van der Waals surface area contributed by atoms with Gasteiger partial charge in [0, 0.05) is 18.2 Å². The minimum absolute atomic E-state index is 0.189. The lowest BCUT2D eigenvalue weighted by Crippen LogP contribution is -2.40. The minimum atomic E-state index is -0.189. The third kappa shape index (κ3) is 4.15. The van der Waals surface area contributed by atoms with E-state index < -0.39 is 0 Å². The van der Waals surface area contributed by atoms with Crippen molar-refractivity contribution in [3.8, 4) is 0 Å². The van der Waals surface area contributed by atoms with Crippen molar-refractivity contribution in [3.63, 3.8) is 0 Å². The van der Waals surface area contributed by atoms with Crippen LogP contribution in [-0.2, 0) is 9.53 Å².